The summed E-state index contributed by atoms with van der Waals surface area (Å²) in [5, 5.41) is 10.2. The highest BCUT2D eigenvalue weighted by atomic mass is 32.1. The Bertz CT molecular complexity index is 798. The van der Waals surface area contributed by atoms with E-state index >= 15 is 0 Å². The zero-order valence-electron chi connectivity index (χ0n) is 12.3. The maximum absolute atomic E-state index is 11.9. The molecule has 4 rings (SSSR count). The van der Waals surface area contributed by atoms with Gasteiger partial charge in [0, 0.05) is 22.9 Å². The van der Waals surface area contributed by atoms with Crippen LogP contribution in [-0.2, 0) is 11.3 Å². The van der Waals surface area contributed by atoms with Gasteiger partial charge in [-0.1, -0.05) is 30.3 Å². The second-order valence-corrected chi connectivity index (χ2v) is 7.09. The van der Waals surface area contributed by atoms with E-state index < -0.39 is 0 Å². The molecule has 0 unspecified atom stereocenters. The van der Waals surface area contributed by atoms with Gasteiger partial charge in [-0.05, 0) is 17.0 Å². The number of thiophene rings is 1. The molecule has 1 aromatic carbocycles. The van der Waals surface area contributed by atoms with Crippen molar-refractivity contribution in [2.45, 2.75) is 12.7 Å². The SMILES string of the molecule is O=C1CN(Cc2ccccc2)[C@@H](c2csc(-c3ccsc3)n2)N1. The van der Waals surface area contributed by atoms with Crippen LogP contribution in [0, 0.1) is 0 Å². The van der Waals surface area contributed by atoms with Crippen molar-refractivity contribution in [2.75, 3.05) is 6.54 Å². The van der Waals surface area contributed by atoms with Crippen LogP contribution in [-0.4, -0.2) is 22.3 Å². The molecule has 1 atom stereocenters. The third kappa shape index (κ3) is 3.06. The Labute approximate surface area is 142 Å². The molecule has 1 aliphatic rings. The van der Waals surface area contributed by atoms with E-state index in [4.69, 9.17) is 4.98 Å². The summed E-state index contributed by atoms with van der Waals surface area (Å²) in [5.74, 6) is 0.0519. The molecule has 1 N–H and O–H groups in total. The maximum atomic E-state index is 11.9. The first-order valence-corrected chi connectivity index (χ1v) is 9.17. The fourth-order valence-corrected chi connectivity index (χ4v) is 4.27. The van der Waals surface area contributed by atoms with E-state index in [1.807, 2.05) is 23.6 Å². The van der Waals surface area contributed by atoms with Gasteiger partial charge in [-0.3, -0.25) is 9.69 Å². The van der Waals surface area contributed by atoms with Gasteiger partial charge in [0.15, 0.2) is 0 Å². The molecule has 0 radical (unpaired) electrons. The first kappa shape index (κ1) is 14.6. The predicted molar refractivity (Wildman–Crippen MR) is 93.2 cm³/mol. The number of carbonyl (C=O) groups is 1. The summed E-state index contributed by atoms with van der Waals surface area (Å²) in [6, 6.07) is 12.3. The van der Waals surface area contributed by atoms with Crippen molar-refractivity contribution in [1.29, 1.82) is 0 Å². The van der Waals surface area contributed by atoms with Crippen molar-refractivity contribution >= 4 is 28.6 Å². The molecular formula is C17H15N3OS2. The average molecular weight is 341 g/mol. The smallest absolute Gasteiger partial charge is 0.235 e. The molecule has 1 fully saturated rings. The minimum atomic E-state index is -0.147. The summed E-state index contributed by atoms with van der Waals surface area (Å²) in [4.78, 5) is 18.7. The van der Waals surface area contributed by atoms with Crippen LogP contribution < -0.4 is 5.32 Å². The first-order chi connectivity index (χ1) is 11.3. The van der Waals surface area contributed by atoms with Crippen LogP contribution in [0.15, 0.2) is 52.5 Å². The number of nitrogens with zero attached hydrogens (tertiary/aromatic N) is 2. The molecule has 23 heavy (non-hydrogen) atoms. The minimum Gasteiger partial charge on any atom is -0.334 e. The number of hydrogen-bond acceptors (Lipinski definition) is 5. The van der Waals surface area contributed by atoms with Crippen LogP contribution in [0.1, 0.15) is 17.4 Å². The van der Waals surface area contributed by atoms with Crippen molar-refractivity contribution in [3.63, 3.8) is 0 Å². The Morgan fingerprint density at radius 1 is 1.22 bits per heavy atom. The molecule has 1 saturated heterocycles. The van der Waals surface area contributed by atoms with E-state index in [0.29, 0.717) is 6.54 Å². The lowest BCUT2D eigenvalue weighted by atomic mass is 10.2. The Kier molecular flexibility index (Phi) is 3.95. The lowest BCUT2D eigenvalue weighted by Crippen LogP contribution is -2.27. The molecule has 4 nitrogen and oxygen atoms in total. The molecule has 116 valence electrons. The van der Waals surface area contributed by atoms with E-state index in [-0.39, 0.29) is 12.1 Å². The summed E-state index contributed by atoms with van der Waals surface area (Å²) in [6.45, 7) is 1.14. The van der Waals surface area contributed by atoms with Crippen LogP contribution in [0.25, 0.3) is 10.6 Å². The van der Waals surface area contributed by atoms with Gasteiger partial charge in [-0.25, -0.2) is 4.98 Å². The number of rotatable bonds is 4. The van der Waals surface area contributed by atoms with E-state index in [0.717, 1.165) is 22.8 Å². The van der Waals surface area contributed by atoms with E-state index in [2.05, 4.69) is 39.2 Å². The average Bonchev–Trinajstić information content (AvgIpc) is 3.27. The van der Waals surface area contributed by atoms with Crippen molar-refractivity contribution in [3.8, 4) is 10.6 Å². The zero-order valence-corrected chi connectivity index (χ0v) is 13.9. The molecule has 0 spiro atoms. The summed E-state index contributed by atoms with van der Waals surface area (Å²) in [7, 11) is 0. The number of hydrogen-bond donors (Lipinski definition) is 1. The van der Waals surface area contributed by atoms with Crippen LogP contribution in [0.5, 0.6) is 0 Å². The zero-order chi connectivity index (χ0) is 15.6. The Morgan fingerprint density at radius 2 is 2.09 bits per heavy atom. The second kappa shape index (κ2) is 6.23. The van der Waals surface area contributed by atoms with Crippen LogP contribution in [0.2, 0.25) is 0 Å². The summed E-state index contributed by atoms with van der Waals surface area (Å²) in [5.41, 5.74) is 3.26. The van der Waals surface area contributed by atoms with Crippen LogP contribution in [0.4, 0.5) is 0 Å². The maximum Gasteiger partial charge on any atom is 0.235 e. The lowest BCUT2D eigenvalue weighted by Gasteiger charge is -2.21. The monoisotopic (exact) mass is 341 g/mol. The van der Waals surface area contributed by atoms with Crippen molar-refractivity contribution < 1.29 is 4.79 Å². The fourth-order valence-electron chi connectivity index (χ4n) is 2.72. The summed E-state index contributed by atoms with van der Waals surface area (Å²) >= 11 is 3.29. The van der Waals surface area contributed by atoms with Crippen molar-refractivity contribution in [3.05, 3.63) is 63.8 Å². The van der Waals surface area contributed by atoms with E-state index in [9.17, 15) is 4.79 Å². The van der Waals surface area contributed by atoms with E-state index in [1.54, 1.807) is 22.7 Å². The van der Waals surface area contributed by atoms with Gasteiger partial charge >= 0.3 is 0 Å². The first-order valence-electron chi connectivity index (χ1n) is 7.35. The number of carbonyl (C=O) groups excluding carboxylic acids is 1. The fraction of sp³-hybridized carbons (Fsp3) is 0.176. The Hall–Kier alpha value is -2.02. The third-order valence-electron chi connectivity index (χ3n) is 3.81. The molecule has 1 aliphatic heterocycles. The largest absolute Gasteiger partial charge is 0.334 e. The van der Waals surface area contributed by atoms with Crippen molar-refractivity contribution in [1.82, 2.24) is 15.2 Å². The molecule has 0 saturated carbocycles. The van der Waals surface area contributed by atoms with Gasteiger partial charge in [-0.2, -0.15) is 11.3 Å². The van der Waals surface area contributed by atoms with Gasteiger partial charge in [-0.15, -0.1) is 11.3 Å². The normalized spacial score (nSPS) is 18.3. The molecule has 0 bridgehead atoms. The second-order valence-electron chi connectivity index (χ2n) is 5.45. The standard InChI is InChI=1S/C17H15N3OS2/c21-15-9-20(8-12-4-2-1-3-5-12)16(19-15)14-11-23-17(18-14)13-6-7-22-10-13/h1-7,10-11,16H,8-9H2,(H,19,21)/t16-/m0/s1. The highest BCUT2D eigenvalue weighted by Crippen LogP contribution is 2.30. The number of aromatic nitrogens is 1. The summed E-state index contributed by atoms with van der Waals surface area (Å²) < 4.78 is 0. The van der Waals surface area contributed by atoms with Gasteiger partial charge in [0.2, 0.25) is 5.91 Å². The molecule has 3 aromatic rings. The van der Waals surface area contributed by atoms with E-state index in [1.165, 1.54) is 5.56 Å². The molecule has 1 amide bonds. The number of benzene rings is 1. The highest BCUT2D eigenvalue weighted by molar-refractivity contribution is 7.14. The summed E-state index contributed by atoms with van der Waals surface area (Å²) in [6.07, 6.45) is -0.147. The van der Waals surface area contributed by atoms with Gasteiger partial charge in [0.25, 0.3) is 0 Å². The number of amides is 1. The quantitative estimate of drug-likeness (QED) is 0.790. The van der Waals surface area contributed by atoms with Gasteiger partial charge in [0.1, 0.15) is 11.2 Å². The molecule has 6 heteroatoms. The Morgan fingerprint density at radius 3 is 2.87 bits per heavy atom. The number of nitrogens with one attached hydrogen (secondary N) is 1. The Balaban J connectivity index is 1.58. The predicted octanol–water partition coefficient (Wildman–Crippen LogP) is 3.50. The topological polar surface area (TPSA) is 45.2 Å². The molecule has 0 aliphatic carbocycles. The van der Waals surface area contributed by atoms with Crippen LogP contribution in [0.3, 0.4) is 0 Å². The van der Waals surface area contributed by atoms with Gasteiger partial charge in [0.05, 0.1) is 12.2 Å². The molecule has 2 aromatic heterocycles. The van der Waals surface area contributed by atoms with Crippen molar-refractivity contribution in [2.24, 2.45) is 0 Å². The number of thiazole rings is 1. The highest BCUT2D eigenvalue weighted by Gasteiger charge is 2.32. The third-order valence-corrected chi connectivity index (χ3v) is 5.40. The van der Waals surface area contributed by atoms with Crippen LogP contribution >= 0.6 is 22.7 Å². The lowest BCUT2D eigenvalue weighted by molar-refractivity contribution is -0.118. The minimum absolute atomic E-state index is 0.0519. The van der Waals surface area contributed by atoms with Gasteiger partial charge < -0.3 is 5.32 Å². The molecule has 3 heterocycles. The molecular weight excluding hydrogens is 326 g/mol.